The SMILES string of the molecule is CC[C@H](NC(=O)CN(c1ccc(OC)c(OC)c1)S(=O)(=O)c1ccc(C)cc1)c1ccc(C)cc1. The number of anilines is 1. The van der Waals surface area contributed by atoms with Crippen molar-refractivity contribution >= 4 is 21.6 Å². The lowest BCUT2D eigenvalue weighted by molar-refractivity contribution is -0.120. The minimum absolute atomic E-state index is 0.0938. The van der Waals surface area contributed by atoms with Crippen molar-refractivity contribution in [3.63, 3.8) is 0 Å². The summed E-state index contributed by atoms with van der Waals surface area (Å²) in [5.74, 6) is 0.405. The lowest BCUT2D eigenvalue weighted by Gasteiger charge is -2.26. The molecule has 186 valence electrons. The van der Waals surface area contributed by atoms with Crippen molar-refractivity contribution in [3.8, 4) is 11.5 Å². The summed E-state index contributed by atoms with van der Waals surface area (Å²) in [6.07, 6.45) is 0.663. The molecule has 0 fully saturated rings. The van der Waals surface area contributed by atoms with Gasteiger partial charge in [-0.1, -0.05) is 54.4 Å². The molecule has 0 aliphatic carbocycles. The van der Waals surface area contributed by atoms with Crippen LogP contribution in [-0.4, -0.2) is 35.1 Å². The van der Waals surface area contributed by atoms with Crippen LogP contribution in [0.1, 0.15) is 36.1 Å². The predicted octanol–water partition coefficient (Wildman–Crippen LogP) is 4.78. The van der Waals surface area contributed by atoms with E-state index in [0.29, 0.717) is 23.6 Å². The van der Waals surface area contributed by atoms with E-state index < -0.39 is 22.5 Å². The Balaban J connectivity index is 1.97. The van der Waals surface area contributed by atoms with Gasteiger partial charge in [-0.15, -0.1) is 0 Å². The summed E-state index contributed by atoms with van der Waals surface area (Å²) >= 11 is 0. The molecule has 1 atom stereocenters. The fraction of sp³-hybridized carbons (Fsp3) is 0.296. The van der Waals surface area contributed by atoms with Gasteiger partial charge in [-0.3, -0.25) is 9.10 Å². The zero-order chi connectivity index (χ0) is 25.6. The van der Waals surface area contributed by atoms with E-state index in [1.165, 1.54) is 26.4 Å². The number of hydrogen-bond donors (Lipinski definition) is 1. The number of amides is 1. The van der Waals surface area contributed by atoms with Crippen molar-refractivity contribution in [2.24, 2.45) is 0 Å². The number of rotatable bonds is 10. The fourth-order valence-corrected chi connectivity index (χ4v) is 5.14. The molecule has 3 aromatic carbocycles. The molecule has 1 N–H and O–H groups in total. The topological polar surface area (TPSA) is 84.9 Å². The van der Waals surface area contributed by atoms with Crippen molar-refractivity contribution in [2.75, 3.05) is 25.1 Å². The van der Waals surface area contributed by atoms with E-state index in [-0.39, 0.29) is 10.9 Å². The summed E-state index contributed by atoms with van der Waals surface area (Å²) < 4.78 is 39.1. The summed E-state index contributed by atoms with van der Waals surface area (Å²) in [6.45, 7) is 5.46. The largest absolute Gasteiger partial charge is 0.493 e. The van der Waals surface area contributed by atoms with E-state index in [1.54, 1.807) is 30.3 Å². The molecular formula is C27H32N2O5S. The molecule has 0 radical (unpaired) electrons. The first-order valence-electron chi connectivity index (χ1n) is 11.4. The molecular weight excluding hydrogens is 464 g/mol. The highest BCUT2D eigenvalue weighted by Crippen LogP contribution is 2.34. The smallest absolute Gasteiger partial charge is 0.264 e. The molecule has 0 heterocycles. The highest BCUT2D eigenvalue weighted by Gasteiger charge is 2.29. The van der Waals surface area contributed by atoms with Crippen molar-refractivity contribution in [3.05, 3.63) is 83.4 Å². The Morgan fingerprint density at radius 2 is 1.46 bits per heavy atom. The third-order valence-corrected chi connectivity index (χ3v) is 7.56. The van der Waals surface area contributed by atoms with Gasteiger partial charge >= 0.3 is 0 Å². The minimum Gasteiger partial charge on any atom is -0.493 e. The molecule has 35 heavy (non-hydrogen) atoms. The van der Waals surface area contributed by atoms with Crippen LogP contribution in [0, 0.1) is 13.8 Å². The number of nitrogens with zero attached hydrogens (tertiary/aromatic N) is 1. The average Bonchev–Trinajstić information content (AvgIpc) is 2.86. The first-order valence-corrected chi connectivity index (χ1v) is 12.8. The molecule has 3 rings (SSSR count). The summed E-state index contributed by atoms with van der Waals surface area (Å²) in [4.78, 5) is 13.3. The maximum atomic E-state index is 13.7. The number of sulfonamides is 1. The summed E-state index contributed by atoms with van der Waals surface area (Å²) in [6, 6.07) is 19.0. The number of aryl methyl sites for hydroxylation is 2. The maximum absolute atomic E-state index is 13.7. The van der Waals surface area contributed by atoms with E-state index in [9.17, 15) is 13.2 Å². The van der Waals surface area contributed by atoms with Gasteiger partial charge in [0.25, 0.3) is 10.0 Å². The number of benzene rings is 3. The Hall–Kier alpha value is -3.52. The normalized spacial score (nSPS) is 12.0. The van der Waals surface area contributed by atoms with Gasteiger partial charge in [-0.2, -0.15) is 0 Å². The second-order valence-electron chi connectivity index (χ2n) is 8.30. The van der Waals surface area contributed by atoms with E-state index in [4.69, 9.17) is 9.47 Å². The zero-order valence-corrected chi connectivity index (χ0v) is 21.6. The molecule has 0 saturated carbocycles. The summed E-state index contributed by atoms with van der Waals surface area (Å²) in [5, 5.41) is 2.99. The molecule has 0 spiro atoms. The lowest BCUT2D eigenvalue weighted by Crippen LogP contribution is -2.42. The van der Waals surface area contributed by atoms with Crippen LogP contribution in [0.15, 0.2) is 71.6 Å². The molecule has 7 nitrogen and oxygen atoms in total. The van der Waals surface area contributed by atoms with Crippen molar-refractivity contribution < 1.29 is 22.7 Å². The highest BCUT2D eigenvalue weighted by atomic mass is 32.2. The number of carbonyl (C=O) groups excluding carboxylic acids is 1. The van der Waals surface area contributed by atoms with Crippen molar-refractivity contribution in [1.82, 2.24) is 5.32 Å². The van der Waals surface area contributed by atoms with Crippen LogP contribution in [0.2, 0.25) is 0 Å². The van der Waals surface area contributed by atoms with Crippen LogP contribution >= 0.6 is 0 Å². The monoisotopic (exact) mass is 496 g/mol. The molecule has 1 amide bonds. The molecule has 8 heteroatoms. The average molecular weight is 497 g/mol. The van der Waals surface area contributed by atoms with Gasteiger partial charge < -0.3 is 14.8 Å². The molecule has 0 bridgehead atoms. The van der Waals surface area contributed by atoms with Gasteiger partial charge in [-0.05, 0) is 50.1 Å². The number of nitrogens with one attached hydrogen (secondary N) is 1. The van der Waals surface area contributed by atoms with Crippen LogP contribution in [-0.2, 0) is 14.8 Å². The van der Waals surface area contributed by atoms with Gasteiger partial charge in [0.1, 0.15) is 6.54 Å². The summed E-state index contributed by atoms with van der Waals surface area (Å²) in [5.41, 5.74) is 3.31. The van der Waals surface area contributed by atoms with Gasteiger partial charge in [-0.25, -0.2) is 8.42 Å². The second kappa shape index (κ2) is 11.3. The van der Waals surface area contributed by atoms with E-state index in [1.807, 2.05) is 45.0 Å². The number of ether oxygens (including phenoxy) is 2. The Kier molecular flexibility index (Phi) is 8.40. The van der Waals surface area contributed by atoms with E-state index in [2.05, 4.69) is 5.32 Å². The van der Waals surface area contributed by atoms with Crippen LogP contribution in [0.25, 0.3) is 0 Å². The van der Waals surface area contributed by atoms with Gasteiger partial charge in [0.2, 0.25) is 5.91 Å². The number of methoxy groups -OCH3 is 2. The molecule has 0 unspecified atom stereocenters. The van der Waals surface area contributed by atoms with Crippen LogP contribution in [0.3, 0.4) is 0 Å². The standard InChI is InChI=1S/C27H32N2O5S/c1-6-24(21-11-7-19(2)8-12-21)28-27(30)18-29(22-13-16-25(33-4)26(17-22)34-5)35(31,32)23-14-9-20(3)10-15-23/h7-17,24H,6,18H2,1-5H3,(H,28,30)/t24-/m0/s1. The predicted molar refractivity (Wildman–Crippen MR) is 138 cm³/mol. The molecule has 0 saturated heterocycles. The molecule has 3 aromatic rings. The van der Waals surface area contributed by atoms with Gasteiger partial charge in [0.15, 0.2) is 11.5 Å². The van der Waals surface area contributed by atoms with Crippen molar-refractivity contribution in [1.29, 1.82) is 0 Å². The minimum atomic E-state index is -4.05. The summed E-state index contributed by atoms with van der Waals surface area (Å²) in [7, 11) is -1.07. The first kappa shape index (κ1) is 26.1. The molecule has 0 aliphatic rings. The third-order valence-electron chi connectivity index (χ3n) is 5.77. The van der Waals surface area contributed by atoms with Crippen LogP contribution in [0.5, 0.6) is 11.5 Å². The Morgan fingerprint density at radius 1 is 0.886 bits per heavy atom. The molecule has 0 aliphatic heterocycles. The quantitative estimate of drug-likeness (QED) is 0.437. The Morgan fingerprint density at radius 3 is 2.00 bits per heavy atom. The number of carbonyl (C=O) groups is 1. The Bertz CT molecular complexity index is 1260. The third kappa shape index (κ3) is 6.14. The van der Waals surface area contributed by atoms with Crippen LogP contribution in [0.4, 0.5) is 5.69 Å². The van der Waals surface area contributed by atoms with Crippen LogP contribution < -0.4 is 19.1 Å². The van der Waals surface area contributed by atoms with E-state index in [0.717, 1.165) is 21.0 Å². The Labute approximate surface area is 207 Å². The van der Waals surface area contributed by atoms with Gasteiger partial charge in [0, 0.05) is 6.07 Å². The zero-order valence-electron chi connectivity index (χ0n) is 20.7. The molecule has 0 aromatic heterocycles. The lowest BCUT2D eigenvalue weighted by atomic mass is 10.0. The highest BCUT2D eigenvalue weighted by molar-refractivity contribution is 7.92. The fourth-order valence-electron chi connectivity index (χ4n) is 3.72. The maximum Gasteiger partial charge on any atom is 0.264 e. The van der Waals surface area contributed by atoms with E-state index >= 15 is 0 Å². The first-order chi connectivity index (χ1) is 16.7. The second-order valence-corrected chi connectivity index (χ2v) is 10.2. The number of hydrogen-bond acceptors (Lipinski definition) is 5. The van der Waals surface area contributed by atoms with Gasteiger partial charge in [0.05, 0.1) is 30.8 Å². The van der Waals surface area contributed by atoms with Crippen molar-refractivity contribution in [2.45, 2.75) is 38.1 Å².